The lowest BCUT2D eigenvalue weighted by Crippen LogP contribution is -2.33. The average molecular weight is 208 g/mol. The Hall–Kier alpha value is -1.16. The van der Waals surface area contributed by atoms with Gasteiger partial charge in [-0.3, -0.25) is 0 Å². The maximum Gasteiger partial charge on any atom is 0.130 e. The van der Waals surface area contributed by atoms with Crippen LogP contribution in [0, 0.1) is 0 Å². The van der Waals surface area contributed by atoms with E-state index in [1.807, 2.05) is 6.07 Å². The molecule has 0 amide bonds. The lowest BCUT2D eigenvalue weighted by Gasteiger charge is -2.26. The first-order valence-electron chi connectivity index (χ1n) is 5.36. The molecule has 0 radical (unpaired) electrons. The lowest BCUT2D eigenvalue weighted by molar-refractivity contribution is 0.524. The van der Waals surface area contributed by atoms with Crippen molar-refractivity contribution in [2.45, 2.75) is 39.2 Å². The van der Waals surface area contributed by atoms with Crippen LogP contribution in [0.3, 0.4) is 0 Å². The summed E-state index contributed by atoms with van der Waals surface area (Å²) in [5, 5.41) is 3.36. The number of hydrogen-bond acceptors (Lipinski definition) is 4. The van der Waals surface area contributed by atoms with Crippen molar-refractivity contribution in [3.63, 3.8) is 0 Å². The maximum atomic E-state index is 5.55. The Bertz CT molecular complexity index is 309. The van der Waals surface area contributed by atoms with Gasteiger partial charge in [0.2, 0.25) is 0 Å². The highest BCUT2D eigenvalue weighted by Gasteiger charge is 2.16. The monoisotopic (exact) mass is 208 g/mol. The Morgan fingerprint density at radius 2 is 2.13 bits per heavy atom. The minimum absolute atomic E-state index is 0.0197. The van der Waals surface area contributed by atoms with Crippen molar-refractivity contribution >= 4 is 5.82 Å². The SMILES string of the molecule is CCc1cc(NC(C)(C)CCN)ncn1. The van der Waals surface area contributed by atoms with Crippen LogP contribution in [0.25, 0.3) is 0 Å². The molecule has 0 unspecified atom stereocenters. The molecule has 0 fully saturated rings. The summed E-state index contributed by atoms with van der Waals surface area (Å²) in [6.07, 6.45) is 3.44. The molecule has 0 saturated carbocycles. The van der Waals surface area contributed by atoms with Gasteiger partial charge in [0, 0.05) is 17.3 Å². The van der Waals surface area contributed by atoms with Crippen molar-refractivity contribution in [2.75, 3.05) is 11.9 Å². The van der Waals surface area contributed by atoms with Crippen molar-refractivity contribution in [3.05, 3.63) is 18.1 Å². The van der Waals surface area contributed by atoms with Crippen molar-refractivity contribution in [2.24, 2.45) is 5.73 Å². The molecule has 0 aromatic carbocycles. The van der Waals surface area contributed by atoms with Gasteiger partial charge < -0.3 is 11.1 Å². The van der Waals surface area contributed by atoms with E-state index in [2.05, 4.69) is 36.1 Å². The van der Waals surface area contributed by atoms with E-state index in [-0.39, 0.29) is 5.54 Å². The van der Waals surface area contributed by atoms with E-state index in [9.17, 15) is 0 Å². The van der Waals surface area contributed by atoms with E-state index >= 15 is 0 Å². The maximum absolute atomic E-state index is 5.55. The summed E-state index contributed by atoms with van der Waals surface area (Å²) in [6, 6.07) is 1.98. The predicted octanol–water partition coefficient (Wildman–Crippen LogP) is 1.58. The summed E-state index contributed by atoms with van der Waals surface area (Å²) >= 11 is 0. The van der Waals surface area contributed by atoms with E-state index < -0.39 is 0 Å². The Kier molecular flexibility index (Phi) is 4.03. The van der Waals surface area contributed by atoms with E-state index in [4.69, 9.17) is 5.73 Å². The molecule has 1 aromatic rings. The first-order chi connectivity index (χ1) is 7.07. The molecule has 0 aliphatic rings. The van der Waals surface area contributed by atoms with Crippen molar-refractivity contribution in [3.8, 4) is 0 Å². The first-order valence-corrected chi connectivity index (χ1v) is 5.36. The molecule has 0 aliphatic carbocycles. The van der Waals surface area contributed by atoms with Gasteiger partial charge in [0.15, 0.2) is 0 Å². The molecule has 0 spiro atoms. The minimum Gasteiger partial charge on any atom is -0.365 e. The molecular formula is C11H20N4. The van der Waals surface area contributed by atoms with Crippen LogP contribution in [0.5, 0.6) is 0 Å². The summed E-state index contributed by atoms with van der Waals surface area (Å²) in [6.45, 7) is 6.99. The molecule has 0 aliphatic heterocycles. The van der Waals surface area contributed by atoms with Crippen LogP contribution in [0.1, 0.15) is 32.9 Å². The molecule has 0 atom stereocenters. The van der Waals surface area contributed by atoms with Crippen LogP contribution in [0.15, 0.2) is 12.4 Å². The summed E-state index contributed by atoms with van der Waals surface area (Å²) in [4.78, 5) is 8.35. The number of aromatic nitrogens is 2. The highest BCUT2D eigenvalue weighted by Crippen LogP contribution is 2.15. The number of anilines is 1. The van der Waals surface area contributed by atoms with E-state index in [0.717, 1.165) is 24.4 Å². The largest absolute Gasteiger partial charge is 0.365 e. The molecule has 4 nitrogen and oxygen atoms in total. The first kappa shape index (κ1) is 11.9. The molecular weight excluding hydrogens is 188 g/mol. The second-order valence-corrected chi connectivity index (χ2v) is 4.30. The van der Waals surface area contributed by atoms with Crippen molar-refractivity contribution < 1.29 is 0 Å². The molecule has 3 N–H and O–H groups in total. The van der Waals surface area contributed by atoms with Gasteiger partial charge in [-0.05, 0) is 33.2 Å². The zero-order chi connectivity index (χ0) is 11.3. The normalized spacial score (nSPS) is 11.5. The molecule has 1 rings (SSSR count). The topological polar surface area (TPSA) is 63.8 Å². The zero-order valence-electron chi connectivity index (χ0n) is 9.75. The third-order valence-corrected chi connectivity index (χ3v) is 2.32. The number of nitrogens with zero attached hydrogens (tertiary/aromatic N) is 2. The van der Waals surface area contributed by atoms with Crippen LogP contribution < -0.4 is 11.1 Å². The van der Waals surface area contributed by atoms with Gasteiger partial charge in [0.05, 0.1) is 0 Å². The van der Waals surface area contributed by atoms with Crippen LogP contribution >= 0.6 is 0 Å². The number of nitrogens with one attached hydrogen (secondary N) is 1. The average Bonchev–Trinajstić information content (AvgIpc) is 2.17. The molecule has 0 bridgehead atoms. The van der Waals surface area contributed by atoms with Gasteiger partial charge in [0.25, 0.3) is 0 Å². The van der Waals surface area contributed by atoms with Crippen LogP contribution in [0.4, 0.5) is 5.82 Å². The Morgan fingerprint density at radius 3 is 2.73 bits per heavy atom. The number of aryl methyl sites for hydroxylation is 1. The quantitative estimate of drug-likeness (QED) is 0.771. The van der Waals surface area contributed by atoms with Crippen LogP contribution in [-0.4, -0.2) is 22.1 Å². The van der Waals surface area contributed by atoms with Gasteiger partial charge >= 0.3 is 0 Å². The molecule has 1 aromatic heterocycles. The Labute approximate surface area is 91.3 Å². The summed E-state index contributed by atoms with van der Waals surface area (Å²) in [5.74, 6) is 0.875. The second-order valence-electron chi connectivity index (χ2n) is 4.30. The summed E-state index contributed by atoms with van der Waals surface area (Å²) < 4.78 is 0. The second kappa shape index (κ2) is 5.07. The zero-order valence-corrected chi connectivity index (χ0v) is 9.75. The van der Waals surface area contributed by atoms with E-state index in [0.29, 0.717) is 6.54 Å². The van der Waals surface area contributed by atoms with E-state index in [1.54, 1.807) is 6.33 Å². The van der Waals surface area contributed by atoms with Gasteiger partial charge in [-0.2, -0.15) is 0 Å². The molecule has 4 heteroatoms. The predicted molar refractivity (Wildman–Crippen MR) is 62.8 cm³/mol. The van der Waals surface area contributed by atoms with E-state index in [1.165, 1.54) is 0 Å². The Balaban J connectivity index is 2.71. The summed E-state index contributed by atoms with van der Waals surface area (Å²) in [7, 11) is 0. The number of nitrogens with two attached hydrogens (primary N) is 1. The fourth-order valence-electron chi connectivity index (χ4n) is 1.43. The van der Waals surface area contributed by atoms with Gasteiger partial charge in [-0.15, -0.1) is 0 Å². The van der Waals surface area contributed by atoms with Gasteiger partial charge in [-0.1, -0.05) is 6.92 Å². The molecule has 0 saturated heterocycles. The van der Waals surface area contributed by atoms with Gasteiger partial charge in [-0.25, -0.2) is 9.97 Å². The van der Waals surface area contributed by atoms with Crippen molar-refractivity contribution in [1.82, 2.24) is 9.97 Å². The molecule has 15 heavy (non-hydrogen) atoms. The van der Waals surface area contributed by atoms with Crippen molar-refractivity contribution in [1.29, 1.82) is 0 Å². The third-order valence-electron chi connectivity index (χ3n) is 2.32. The lowest BCUT2D eigenvalue weighted by atomic mass is 10.0. The summed E-state index contributed by atoms with van der Waals surface area (Å²) in [5.41, 5.74) is 6.58. The molecule has 84 valence electrons. The smallest absolute Gasteiger partial charge is 0.130 e. The number of rotatable bonds is 5. The van der Waals surface area contributed by atoms with Crippen LogP contribution in [-0.2, 0) is 6.42 Å². The third kappa shape index (κ3) is 3.83. The van der Waals surface area contributed by atoms with Crippen LogP contribution in [0.2, 0.25) is 0 Å². The fraction of sp³-hybridized carbons (Fsp3) is 0.636. The Morgan fingerprint density at radius 1 is 1.40 bits per heavy atom. The van der Waals surface area contributed by atoms with Gasteiger partial charge in [0.1, 0.15) is 12.1 Å². The highest BCUT2D eigenvalue weighted by molar-refractivity contribution is 5.37. The minimum atomic E-state index is -0.0197. The number of hydrogen-bond donors (Lipinski definition) is 2. The standard InChI is InChI=1S/C11H20N4/c1-4-9-7-10(14-8-13-9)15-11(2,3)5-6-12/h7-8H,4-6,12H2,1-3H3,(H,13,14,15). The highest BCUT2D eigenvalue weighted by atomic mass is 15.1. The fourth-order valence-corrected chi connectivity index (χ4v) is 1.43. The molecule has 1 heterocycles.